The van der Waals surface area contributed by atoms with Gasteiger partial charge in [-0.1, -0.05) is 30.3 Å². The molecule has 1 aromatic heterocycles. The van der Waals surface area contributed by atoms with Gasteiger partial charge < -0.3 is 24.8 Å². The van der Waals surface area contributed by atoms with Crippen molar-refractivity contribution in [1.82, 2.24) is 25.1 Å². The van der Waals surface area contributed by atoms with Crippen molar-refractivity contribution in [1.29, 1.82) is 0 Å². The van der Waals surface area contributed by atoms with Crippen LogP contribution in [0.1, 0.15) is 32.2 Å². The van der Waals surface area contributed by atoms with Crippen LogP contribution in [0.25, 0.3) is 0 Å². The molecule has 162 valence electrons. The van der Waals surface area contributed by atoms with Crippen molar-refractivity contribution in [3.8, 4) is 0 Å². The lowest BCUT2D eigenvalue weighted by molar-refractivity contribution is 0.00701. The Labute approximate surface area is 178 Å². The minimum absolute atomic E-state index is 0.154. The Hall–Kier alpha value is -3.03. The second-order valence-corrected chi connectivity index (χ2v) is 8.42. The highest BCUT2D eigenvalue weighted by Crippen LogP contribution is 2.15. The fourth-order valence-electron chi connectivity index (χ4n) is 3.20. The zero-order chi connectivity index (χ0) is 21.6. The summed E-state index contributed by atoms with van der Waals surface area (Å²) in [6.07, 6.45) is 4.51. The van der Waals surface area contributed by atoms with E-state index in [1.54, 1.807) is 11.9 Å². The molecule has 3 rings (SSSR count). The molecule has 1 aromatic carbocycles. The monoisotopic (exact) mass is 412 g/mol. The van der Waals surface area contributed by atoms with Crippen LogP contribution in [-0.2, 0) is 24.2 Å². The highest BCUT2D eigenvalue weighted by molar-refractivity contribution is 5.80. The Morgan fingerprint density at radius 3 is 2.67 bits per heavy atom. The molecule has 1 aliphatic rings. The Morgan fingerprint density at radius 2 is 2.00 bits per heavy atom. The lowest BCUT2D eigenvalue weighted by atomic mass is 10.1. The van der Waals surface area contributed by atoms with Gasteiger partial charge in [-0.2, -0.15) is 0 Å². The Bertz CT molecular complexity index is 850. The maximum atomic E-state index is 12.0. The van der Waals surface area contributed by atoms with E-state index in [2.05, 4.69) is 49.4 Å². The number of aromatic nitrogens is 2. The first-order valence-electron chi connectivity index (χ1n) is 10.3. The van der Waals surface area contributed by atoms with Crippen LogP contribution in [0.2, 0.25) is 0 Å². The van der Waals surface area contributed by atoms with Crippen LogP contribution in [-0.4, -0.2) is 58.3 Å². The Morgan fingerprint density at radius 1 is 1.27 bits per heavy atom. The molecule has 1 aliphatic heterocycles. The first-order valence-corrected chi connectivity index (χ1v) is 10.3. The third-order valence-electron chi connectivity index (χ3n) is 4.80. The molecule has 2 N–H and O–H groups in total. The lowest BCUT2D eigenvalue weighted by Crippen LogP contribution is -2.63. The minimum atomic E-state index is -0.477. The molecule has 2 aromatic rings. The molecule has 0 spiro atoms. The third kappa shape index (κ3) is 6.23. The van der Waals surface area contributed by atoms with Crippen LogP contribution < -0.4 is 10.6 Å². The second-order valence-electron chi connectivity index (χ2n) is 8.42. The molecule has 0 atom stereocenters. The zero-order valence-corrected chi connectivity index (χ0v) is 18.3. The molecular weight excluding hydrogens is 380 g/mol. The highest BCUT2D eigenvalue weighted by Gasteiger charge is 2.34. The number of hydrogen-bond acceptors (Lipinski definition) is 4. The predicted octanol–water partition coefficient (Wildman–Crippen LogP) is 2.41. The van der Waals surface area contributed by atoms with Crippen molar-refractivity contribution in [3.05, 3.63) is 54.1 Å². The number of aryl methyl sites for hydroxylation is 2. The number of imidazole rings is 1. The molecule has 2 heterocycles. The van der Waals surface area contributed by atoms with Crippen molar-refractivity contribution in [2.24, 2.45) is 4.99 Å². The second kappa shape index (κ2) is 9.65. The molecule has 0 bridgehead atoms. The van der Waals surface area contributed by atoms with Gasteiger partial charge in [0.15, 0.2) is 5.96 Å². The fraction of sp³-hybridized carbons (Fsp3) is 0.500. The SMILES string of the molecule is CN=C(NCc1nccn1CCc1ccccc1)NC1CN(C(=O)OC(C)(C)C)C1. The van der Waals surface area contributed by atoms with Crippen molar-refractivity contribution in [3.63, 3.8) is 0 Å². The van der Waals surface area contributed by atoms with Crippen LogP contribution in [0.5, 0.6) is 0 Å². The number of nitrogens with one attached hydrogen (secondary N) is 2. The van der Waals surface area contributed by atoms with Gasteiger partial charge in [0.1, 0.15) is 11.4 Å². The van der Waals surface area contributed by atoms with Gasteiger partial charge in [-0.3, -0.25) is 4.99 Å². The van der Waals surface area contributed by atoms with E-state index >= 15 is 0 Å². The van der Waals surface area contributed by atoms with E-state index < -0.39 is 5.60 Å². The quantitative estimate of drug-likeness (QED) is 0.562. The van der Waals surface area contributed by atoms with Gasteiger partial charge in [0.05, 0.1) is 12.6 Å². The predicted molar refractivity (Wildman–Crippen MR) is 117 cm³/mol. The number of guanidine groups is 1. The number of amides is 1. The molecule has 0 unspecified atom stereocenters. The summed E-state index contributed by atoms with van der Waals surface area (Å²) in [5.74, 6) is 1.65. The average Bonchev–Trinajstić information content (AvgIpc) is 3.11. The molecular formula is C22H32N6O2. The molecule has 1 saturated heterocycles. The first-order chi connectivity index (χ1) is 14.3. The molecule has 30 heavy (non-hydrogen) atoms. The summed E-state index contributed by atoms with van der Waals surface area (Å²) in [6.45, 7) is 8.26. The van der Waals surface area contributed by atoms with Crippen LogP contribution in [0, 0.1) is 0 Å². The molecule has 1 fully saturated rings. The zero-order valence-electron chi connectivity index (χ0n) is 18.3. The van der Waals surface area contributed by atoms with E-state index in [0.717, 1.165) is 18.8 Å². The summed E-state index contributed by atoms with van der Waals surface area (Å²) in [4.78, 5) is 22.5. The Kier molecular flexibility index (Phi) is 6.97. The van der Waals surface area contributed by atoms with Gasteiger partial charge in [-0.25, -0.2) is 9.78 Å². The summed E-state index contributed by atoms with van der Waals surface area (Å²) in [5.41, 5.74) is 0.831. The van der Waals surface area contributed by atoms with Gasteiger partial charge in [0.25, 0.3) is 0 Å². The maximum absolute atomic E-state index is 12.0. The van der Waals surface area contributed by atoms with Gasteiger partial charge in [-0.15, -0.1) is 0 Å². The Balaban J connectivity index is 1.42. The van der Waals surface area contributed by atoms with Crippen molar-refractivity contribution >= 4 is 12.1 Å². The molecule has 1 amide bonds. The molecule has 8 heteroatoms. The largest absolute Gasteiger partial charge is 0.444 e. The first kappa shape index (κ1) is 21.7. The van der Waals surface area contributed by atoms with Crippen LogP contribution in [0.3, 0.4) is 0 Å². The van der Waals surface area contributed by atoms with E-state index in [9.17, 15) is 4.79 Å². The number of hydrogen-bond donors (Lipinski definition) is 2. The number of ether oxygens (including phenoxy) is 1. The summed E-state index contributed by atoms with van der Waals surface area (Å²) in [5, 5.41) is 6.66. The number of nitrogens with zero attached hydrogens (tertiary/aromatic N) is 4. The average molecular weight is 413 g/mol. The number of carbonyl (C=O) groups excluding carboxylic acids is 1. The van der Waals surface area contributed by atoms with Gasteiger partial charge >= 0.3 is 6.09 Å². The molecule has 8 nitrogen and oxygen atoms in total. The highest BCUT2D eigenvalue weighted by atomic mass is 16.6. The van der Waals surface area contributed by atoms with Gasteiger partial charge in [-0.05, 0) is 32.8 Å². The van der Waals surface area contributed by atoms with E-state index in [1.165, 1.54) is 5.56 Å². The summed E-state index contributed by atoms with van der Waals surface area (Å²) in [7, 11) is 1.74. The number of likely N-dealkylation sites (tertiary alicyclic amines) is 1. The summed E-state index contributed by atoms with van der Waals surface area (Å²) < 4.78 is 7.54. The number of benzene rings is 1. The van der Waals surface area contributed by atoms with E-state index in [0.29, 0.717) is 25.6 Å². The van der Waals surface area contributed by atoms with Crippen LogP contribution in [0.15, 0.2) is 47.7 Å². The third-order valence-corrected chi connectivity index (χ3v) is 4.80. The number of carbonyl (C=O) groups is 1. The van der Waals surface area contributed by atoms with Gasteiger partial charge in [0.2, 0.25) is 0 Å². The molecule has 0 radical (unpaired) electrons. The number of rotatable bonds is 6. The molecule has 0 saturated carbocycles. The standard InChI is InChI=1S/C22H32N6O2/c1-22(2,3)30-21(29)28-15-18(16-28)26-20(23-4)25-14-19-24-11-13-27(19)12-10-17-8-6-5-7-9-17/h5-9,11,13,18H,10,12,14-16H2,1-4H3,(H2,23,25,26). The topological polar surface area (TPSA) is 83.8 Å². The van der Waals surface area contributed by atoms with Crippen molar-refractivity contribution < 1.29 is 9.53 Å². The van der Waals surface area contributed by atoms with Crippen LogP contribution >= 0.6 is 0 Å². The van der Waals surface area contributed by atoms with Crippen molar-refractivity contribution in [2.45, 2.75) is 51.9 Å². The lowest BCUT2D eigenvalue weighted by Gasteiger charge is -2.40. The number of aliphatic imine (C=N–C) groups is 1. The normalized spacial score (nSPS) is 14.9. The van der Waals surface area contributed by atoms with Crippen LogP contribution in [0.4, 0.5) is 4.79 Å². The fourth-order valence-corrected chi connectivity index (χ4v) is 3.20. The van der Waals surface area contributed by atoms with E-state index in [-0.39, 0.29) is 12.1 Å². The maximum Gasteiger partial charge on any atom is 0.410 e. The summed E-state index contributed by atoms with van der Waals surface area (Å²) >= 11 is 0. The summed E-state index contributed by atoms with van der Waals surface area (Å²) in [6, 6.07) is 10.6. The smallest absolute Gasteiger partial charge is 0.410 e. The van der Waals surface area contributed by atoms with Gasteiger partial charge in [0, 0.05) is 39.1 Å². The van der Waals surface area contributed by atoms with E-state index in [4.69, 9.17) is 4.74 Å². The van der Waals surface area contributed by atoms with Crippen molar-refractivity contribution in [2.75, 3.05) is 20.1 Å². The minimum Gasteiger partial charge on any atom is -0.444 e. The molecule has 0 aliphatic carbocycles. The van der Waals surface area contributed by atoms with E-state index in [1.807, 2.05) is 39.2 Å².